The minimum atomic E-state index is -0.468. The number of hydrogen-bond donors (Lipinski definition) is 0. The van der Waals surface area contributed by atoms with E-state index in [9.17, 15) is 9.59 Å². The molecule has 0 spiro atoms. The molecular formula is C19H20N4O5S. The van der Waals surface area contributed by atoms with Crippen molar-refractivity contribution in [3.05, 3.63) is 34.4 Å². The van der Waals surface area contributed by atoms with Crippen molar-refractivity contribution in [3.8, 4) is 11.5 Å². The molecule has 10 heteroatoms. The van der Waals surface area contributed by atoms with Crippen LogP contribution in [0.5, 0.6) is 11.5 Å². The second-order valence-corrected chi connectivity index (χ2v) is 7.36. The second kappa shape index (κ2) is 7.70. The maximum Gasteiger partial charge on any atom is 0.326 e. The lowest BCUT2D eigenvalue weighted by molar-refractivity contribution is -0.143. The topological polar surface area (TPSA) is 96.9 Å². The lowest BCUT2D eigenvalue weighted by Gasteiger charge is -2.05. The van der Waals surface area contributed by atoms with Crippen LogP contribution < -0.4 is 14.3 Å². The molecule has 0 N–H and O–H groups in total. The Balaban J connectivity index is 1.82. The molecule has 0 atom stereocenters. The molecule has 1 aromatic carbocycles. The van der Waals surface area contributed by atoms with Crippen molar-refractivity contribution in [3.63, 3.8) is 0 Å². The summed E-state index contributed by atoms with van der Waals surface area (Å²) in [7, 11) is 0. The van der Waals surface area contributed by atoms with Crippen LogP contribution in [-0.4, -0.2) is 39.6 Å². The Hall–Kier alpha value is -3.14. The van der Waals surface area contributed by atoms with Crippen LogP contribution in [0.2, 0.25) is 0 Å². The summed E-state index contributed by atoms with van der Waals surface area (Å²) in [5.74, 6) is 0.328. The van der Waals surface area contributed by atoms with Gasteiger partial charge in [0.05, 0.1) is 16.8 Å². The van der Waals surface area contributed by atoms with E-state index in [-0.39, 0.29) is 25.6 Å². The number of thiazole rings is 1. The van der Waals surface area contributed by atoms with Gasteiger partial charge in [-0.1, -0.05) is 11.3 Å². The van der Waals surface area contributed by atoms with Crippen LogP contribution in [0.3, 0.4) is 0 Å². The average molecular weight is 416 g/mol. The quantitative estimate of drug-likeness (QED) is 0.592. The maximum atomic E-state index is 12.7. The minimum Gasteiger partial charge on any atom is -0.465 e. The molecule has 0 fully saturated rings. The van der Waals surface area contributed by atoms with E-state index in [1.54, 1.807) is 28.3 Å². The predicted molar refractivity (Wildman–Crippen MR) is 105 cm³/mol. The van der Waals surface area contributed by atoms with Crippen molar-refractivity contribution in [1.82, 2.24) is 14.3 Å². The zero-order chi connectivity index (χ0) is 20.5. The molecule has 9 nitrogen and oxygen atoms in total. The molecule has 0 unspecified atom stereocenters. The molecule has 4 rings (SSSR count). The molecule has 3 heterocycles. The van der Waals surface area contributed by atoms with Gasteiger partial charge in [0, 0.05) is 24.4 Å². The fraction of sp³-hybridized carbons (Fsp3) is 0.368. The van der Waals surface area contributed by atoms with Crippen molar-refractivity contribution in [1.29, 1.82) is 0 Å². The van der Waals surface area contributed by atoms with Gasteiger partial charge in [-0.15, -0.1) is 0 Å². The van der Waals surface area contributed by atoms with Crippen molar-refractivity contribution in [2.75, 3.05) is 13.4 Å². The Morgan fingerprint density at radius 2 is 2.00 bits per heavy atom. The molecule has 3 aromatic rings. The lowest BCUT2D eigenvalue weighted by Crippen LogP contribution is -2.23. The Bertz CT molecular complexity index is 1170. The summed E-state index contributed by atoms with van der Waals surface area (Å²) < 4.78 is 20.2. The summed E-state index contributed by atoms with van der Waals surface area (Å²) in [5.41, 5.74) is 1.86. The Labute approximate surface area is 170 Å². The number of ether oxygens (including phenoxy) is 3. The van der Waals surface area contributed by atoms with E-state index in [4.69, 9.17) is 14.2 Å². The van der Waals surface area contributed by atoms with Crippen LogP contribution in [-0.2, 0) is 22.6 Å². The monoisotopic (exact) mass is 416 g/mol. The molecule has 0 aliphatic carbocycles. The second-order valence-electron chi connectivity index (χ2n) is 6.35. The summed E-state index contributed by atoms with van der Waals surface area (Å²) in [5, 5.41) is 4.29. The molecule has 2 aromatic heterocycles. The average Bonchev–Trinajstić information content (AvgIpc) is 3.38. The number of aryl methyl sites for hydroxylation is 2. The standard InChI is InChI=1S/C19H20N4O5S/c1-4-23-11(3)6-12(21-23)18(25)20-19-22(9-17(24)26-5-2)13-7-14-15(28-10-27-14)8-16(13)29-19/h6-8H,4-5,9-10H2,1-3H3. The van der Waals surface area contributed by atoms with Gasteiger partial charge in [0.25, 0.3) is 5.91 Å². The van der Waals surface area contributed by atoms with Crippen LogP contribution in [0.15, 0.2) is 23.2 Å². The first-order valence-corrected chi connectivity index (χ1v) is 10.0. The Morgan fingerprint density at radius 3 is 2.69 bits per heavy atom. The first-order valence-electron chi connectivity index (χ1n) is 9.22. The number of rotatable bonds is 5. The third-order valence-corrected chi connectivity index (χ3v) is 5.51. The minimum absolute atomic E-state index is 0.0674. The number of amides is 1. The molecule has 0 saturated heterocycles. The van der Waals surface area contributed by atoms with Gasteiger partial charge in [-0.25, -0.2) is 0 Å². The molecular weight excluding hydrogens is 396 g/mol. The van der Waals surface area contributed by atoms with Gasteiger partial charge in [0.2, 0.25) is 6.79 Å². The summed E-state index contributed by atoms with van der Waals surface area (Å²) >= 11 is 1.29. The number of nitrogens with zero attached hydrogens (tertiary/aromatic N) is 4. The van der Waals surface area contributed by atoms with Gasteiger partial charge in [0.15, 0.2) is 22.0 Å². The normalized spacial score (nSPS) is 13.3. The Kier molecular flexibility index (Phi) is 5.10. The van der Waals surface area contributed by atoms with Gasteiger partial charge in [-0.2, -0.15) is 10.1 Å². The molecule has 29 heavy (non-hydrogen) atoms. The van der Waals surface area contributed by atoms with E-state index < -0.39 is 11.9 Å². The largest absolute Gasteiger partial charge is 0.465 e. The molecule has 1 aliphatic rings. The van der Waals surface area contributed by atoms with Crippen LogP contribution in [0.1, 0.15) is 30.0 Å². The zero-order valence-corrected chi connectivity index (χ0v) is 17.1. The number of carbonyl (C=O) groups excluding carboxylic acids is 2. The molecule has 0 radical (unpaired) electrons. The fourth-order valence-electron chi connectivity index (χ4n) is 3.11. The third kappa shape index (κ3) is 3.63. The summed E-state index contributed by atoms with van der Waals surface area (Å²) in [6.07, 6.45) is 0. The highest BCUT2D eigenvalue weighted by molar-refractivity contribution is 7.16. The highest BCUT2D eigenvalue weighted by atomic mass is 32.1. The lowest BCUT2D eigenvalue weighted by atomic mass is 10.3. The summed E-state index contributed by atoms with van der Waals surface area (Å²) in [4.78, 5) is 29.5. The van der Waals surface area contributed by atoms with E-state index in [0.717, 1.165) is 10.4 Å². The van der Waals surface area contributed by atoms with Gasteiger partial charge < -0.3 is 18.8 Å². The van der Waals surface area contributed by atoms with Gasteiger partial charge in [-0.3, -0.25) is 14.3 Å². The van der Waals surface area contributed by atoms with E-state index in [0.29, 0.717) is 28.4 Å². The van der Waals surface area contributed by atoms with Gasteiger partial charge in [-0.05, 0) is 26.8 Å². The van der Waals surface area contributed by atoms with Crippen LogP contribution >= 0.6 is 11.3 Å². The van der Waals surface area contributed by atoms with E-state index in [2.05, 4.69) is 10.1 Å². The number of esters is 1. The first kappa shape index (κ1) is 19.2. The number of carbonyl (C=O) groups is 2. The molecule has 0 bridgehead atoms. The van der Waals surface area contributed by atoms with Crippen molar-refractivity contribution in [2.24, 2.45) is 4.99 Å². The van der Waals surface area contributed by atoms with Crippen LogP contribution in [0.4, 0.5) is 0 Å². The molecule has 0 saturated carbocycles. The fourth-order valence-corrected chi connectivity index (χ4v) is 4.15. The van der Waals surface area contributed by atoms with Gasteiger partial charge >= 0.3 is 5.97 Å². The van der Waals surface area contributed by atoms with Crippen molar-refractivity contribution < 1.29 is 23.8 Å². The molecule has 1 amide bonds. The molecule has 152 valence electrons. The smallest absolute Gasteiger partial charge is 0.326 e. The van der Waals surface area contributed by atoms with Crippen molar-refractivity contribution >= 4 is 33.4 Å². The van der Waals surface area contributed by atoms with E-state index in [1.807, 2.05) is 19.9 Å². The number of benzene rings is 1. The number of fused-ring (bicyclic) bond motifs is 2. The first-order chi connectivity index (χ1) is 14.0. The Morgan fingerprint density at radius 1 is 1.24 bits per heavy atom. The third-order valence-electron chi connectivity index (χ3n) is 4.47. The maximum absolute atomic E-state index is 12.7. The van der Waals surface area contributed by atoms with Crippen molar-refractivity contribution in [2.45, 2.75) is 33.9 Å². The SMILES string of the molecule is CCOC(=O)Cn1c(=NC(=O)c2cc(C)n(CC)n2)sc2cc3c(cc21)OCO3. The van der Waals surface area contributed by atoms with E-state index in [1.165, 1.54) is 11.3 Å². The van der Waals surface area contributed by atoms with Gasteiger partial charge in [0.1, 0.15) is 6.54 Å². The van der Waals surface area contributed by atoms with E-state index >= 15 is 0 Å². The summed E-state index contributed by atoms with van der Waals surface area (Å²) in [6, 6.07) is 5.31. The highest BCUT2D eigenvalue weighted by Crippen LogP contribution is 2.37. The van der Waals surface area contributed by atoms with Crippen LogP contribution in [0, 0.1) is 6.92 Å². The number of hydrogen-bond acceptors (Lipinski definition) is 7. The number of aromatic nitrogens is 3. The predicted octanol–water partition coefficient (Wildman–Crippen LogP) is 2.26. The summed E-state index contributed by atoms with van der Waals surface area (Å²) in [6.45, 7) is 6.60. The highest BCUT2D eigenvalue weighted by Gasteiger charge is 2.20. The van der Waals surface area contributed by atoms with Crippen LogP contribution in [0.25, 0.3) is 10.2 Å². The zero-order valence-electron chi connectivity index (χ0n) is 16.3. The molecule has 1 aliphatic heterocycles.